The summed E-state index contributed by atoms with van der Waals surface area (Å²) in [7, 11) is 1.52. The Kier molecular flexibility index (Phi) is 5.57. The highest BCUT2D eigenvalue weighted by Gasteiger charge is 2.13. The van der Waals surface area contributed by atoms with Crippen LogP contribution in [0.2, 0.25) is 10.0 Å². The largest absolute Gasteiger partial charge is 0.493 e. The second kappa shape index (κ2) is 7.21. The maximum Gasteiger partial charge on any atom is 0.180 e. The molecule has 0 saturated heterocycles. The molecular weight excluding hydrogens is 338 g/mol. The Bertz CT molecular complexity index is 647. The summed E-state index contributed by atoms with van der Waals surface area (Å²) in [6, 6.07) is 7.57. The van der Waals surface area contributed by atoms with Gasteiger partial charge >= 0.3 is 0 Å². The molecule has 0 heterocycles. The topological polar surface area (TPSA) is 18.5 Å². The molecule has 21 heavy (non-hydrogen) atoms. The van der Waals surface area contributed by atoms with Crippen LogP contribution in [-0.4, -0.2) is 7.11 Å². The highest BCUT2D eigenvalue weighted by atomic mass is 35.5. The summed E-state index contributed by atoms with van der Waals surface area (Å²) in [5.74, 6) is 0.802. The van der Waals surface area contributed by atoms with Crippen molar-refractivity contribution in [3.05, 3.63) is 57.3 Å². The summed E-state index contributed by atoms with van der Waals surface area (Å²) in [5, 5.41) is 0.686. The van der Waals surface area contributed by atoms with E-state index in [1.54, 1.807) is 18.2 Å². The molecule has 0 aliphatic carbocycles. The normalized spacial score (nSPS) is 10.5. The Balaban J connectivity index is 2.23. The third kappa shape index (κ3) is 3.94. The van der Waals surface area contributed by atoms with E-state index in [9.17, 15) is 4.39 Å². The number of halogens is 4. The minimum atomic E-state index is -0.397. The zero-order chi connectivity index (χ0) is 15.4. The van der Waals surface area contributed by atoms with Gasteiger partial charge in [0.25, 0.3) is 0 Å². The van der Waals surface area contributed by atoms with Crippen molar-refractivity contribution in [1.29, 1.82) is 0 Å². The van der Waals surface area contributed by atoms with Gasteiger partial charge in [-0.15, -0.1) is 11.6 Å². The standard InChI is InChI=1S/C15H12Cl3FO2/c1-20-14-5-9(7-16)4-13(18)15(14)21-8-10-2-3-11(19)6-12(10)17/h2-6H,7-8H2,1H3. The van der Waals surface area contributed by atoms with Crippen molar-refractivity contribution in [2.45, 2.75) is 12.5 Å². The molecule has 2 rings (SSSR count). The average molecular weight is 350 g/mol. The van der Waals surface area contributed by atoms with Crippen LogP contribution in [-0.2, 0) is 12.5 Å². The summed E-state index contributed by atoms with van der Waals surface area (Å²) >= 11 is 17.9. The molecule has 0 bridgehead atoms. The van der Waals surface area contributed by atoms with Gasteiger partial charge in [-0.05, 0) is 29.8 Å². The van der Waals surface area contributed by atoms with Gasteiger partial charge in [0.15, 0.2) is 11.5 Å². The molecule has 0 amide bonds. The molecule has 0 aliphatic rings. The van der Waals surface area contributed by atoms with Crippen molar-refractivity contribution < 1.29 is 13.9 Å². The van der Waals surface area contributed by atoms with Crippen LogP contribution in [0.1, 0.15) is 11.1 Å². The molecule has 0 N–H and O–H groups in total. The minimum Gasteiger partial charge on any atom is -0.493 e. The molecule has 0 fully saturated rings. The van der Waals surface area contributed by atoms with E-state index in [4.69, 9.17) is 44.3 Å². The molecule has 0 aliphatic heterocycles. The minimum absolute atomic E-state index is 0.148. The molecule has 0 radical (unpaired) electrons. The summed E-state index contributed by atoms with van der Waals surface area (Å²) in [4.78, 5) is 0. The van der Waals surface area contributed by atoms with Gasteiger partial charge in [-0.2, -0.15) is 0 Å². The maximum absolute atomic E-state index is 13.0. The molecule has 0 atom stereocenters. The van der Waals surface area contributed by atoms with Crippen LogP contribution in [0.15, 0.2) is 30.3 Å². The summed E-state index contributed by atoms with van der Waals surface area (Å²) in [5.41, 5.74) is 1.48. The van der Waals surface area contributed by atoms with E-state index >= 15 is 0 Å². The first-order valence-electron chi connectivity index (χ1n) is 6.04. The fourth-order valence-corrected chi connectivity index (χ4v) is 2.44. The van der Waals surface area contributed by atoms with Crippen molar-refractivity contribution in [3.63, 3.8) is 0 Å². The number of ether oxygens (including phenoxy) is 2. The van der Waals surface area contributed by atoms with Gasteiger partial charge in [0.05, 0.1) is 17.2 Å². The van der Waals surface area contributed by atoms with Gasteiger partial charge in [0, 0.05) is 11.4 Å². The van der Waals surface area contributed by atoms with E-state index < -0.39 is 5.82 Å². The lowest BCUT2D eigenvalue weighted by molar-refractivity contribution is 0.284. The Hall–Kier alpha value is -1.16. The monoisotopic (exact) mass is 348 g/mol. The fraction of sp³-hybridized carbons (Fsp3) is 0.200. The second-order valence-corrected chi connectivity index (χ2v) is 5.35. The third-order valence-corrected chi connectivity index (χ3v) is 3.77. The van der Waals surface area contributed by atoms with Crippen LogP contribution in [0.4, 0.5) is 4.39 Å². The lowest BCUT2D eigenvalue weighted by Crippen LogP contribution is -2.00. The van der Waals surface area contributed by atoms with E-state index in [0.717, 1.165) is 5.56 Å². The molecule has 0 aromatic heterocycles. The quantitative estimate of drug-likeness (QED) is 0.667. The van der Waals surface area contributed by atoms with Gasteiger partial charge < -0.3 is 9.47 Å². The molecule has 112 valence electrons. The van der Waals surface area contributed by atoms with Crippen LogP contribution >= 0.6 is 34.8 Å². The van der Waals surface area contributed by atoms with Crippen LogP contribution in [0.25, 0.3) is 0 Å². The maximum atomic E-state index is 13.0. The Labute approximate surface area is 137 Å². The number of benzene rings is 2. The number of alkyl halides is 1. The van der Waals surface area contributed by atoms with Crippen molar-refractivity contribution in [3.8, 4) is 11.5 Å². The fourth-order valence-electron chi connectivity index (χ4n) is 1.78. The first-order valence-corrected chi connectivity index (χ1v) is 7.33. The van der Waals surface area contributed by atoms with Crippen LogP contribution < -0.4 is 9.47 Å². The first-order chi connectivity index (χ1) is 10.0. The summed E-state index contributed by atoms with van der Waals surface area (Å²) in [6.07, 6.45) is 0. The van der Waals surface area contributed by atoms with Gasteiger partial charge in [0.1, 0.15) is 12.4 Å². The molecule has 2 aromatic rings. The predicted octanol–water partition coefficient (Wildman–Crippen LogP) is 5.46. The molecule has 2 nitrogen and oxygen atoms in total. The summed E-state index contributed by atoms with van der Waals surface area (Å²) < 4.78 is 23.9. The van der Waals surface area contributed by atoms with E-state index in [1.165, 1.54) is 19.2 Å². The van der Waals surface area contributed by atoms with Crippen LogP contribution in [0.5, 0.6) is 11.5 Å². The van der Waals surface area contributed by atoms with Gasteiger partial charge in [-0.1, -0.05) is 29.3 Å². The SMILES string of the molecule is COc1cc(CCl)cc(Cl)c1OCc1ccc(F)cc1Cl. The average Bonchev–Trinajstić information content (AvgIpc) is 2.46. The molecule has 0 saturated carbocycles. The van der Waals surface area contributed by atoms with Gasteiger partial charge in [0.2, 0.25) is 0 Å². The van der Waals surface area contributed by atoms with Crippen LogP contribution in [0.3, 0.4) is 0 Å². The number of hydrogen-bond donors (Lipinski definition) is 0. The zero-order valence-corrected chi connectivity index (χ0v) is 13.4. The number of hydrogen-bond acceptors (Lipinski definition) is 2. The number of methoxy groups -OCH3 is 1. The van der Waals surface area contributed by atoms with E-state index in [1.807, 2.05) is 0 Å². The van der Waals surface area contributed by atoms with Gasteiger partial charge in [-0.3, -0.25) is 0 Å². The lowest BCUT2D eigenvalue weighted by Gasteiger charge is -2.14. The zero-order valence-electron chi connectivity index (χ0n) is 11.1. The molecule has 0 spiro atoms. The highest BCUT2D eigenvalue weighted by molar-refractivity contribution is 6.32. The smallest absolute Gasteiger partial charge is 0.180 e. The number of rotatable bonds is 5. The van der Waals surface area contributed by atoms with Crippen molar-refractivity contribution in [2.75, 3.05) is 7.11 Å². The Morgan fingerprint density at radius 2 is 1.86 bits per heavy atom. The molecular formula is C15H12Cl3FO2. The molecule has 0 unspecified atom stereocenters. The van der Waals surface area contributed by atoms with Crippen molar-refractivity contribution in [2.24, 2.45) is 0 Å². The van der Waals surface area contributed by atoms with E-state index in [2.05, 4.69) is 0 Å². The third-order valence-electron chi connectivity index (χ3n) is 2.83. The van der Waals surface area contributed by atoms with E-state index in [0.29, 0.717) is 33.0 Å². The van der Waals surface area contributed by atoms with Crippen molar-refractivity contribution >= 4 is 34.8 Å². The Morgan fingerprint density at radius 3 is 2.48 bits per heavy atom. The van der Waals surface area contributed by atoms with Crippen molar-refractivity contribution in [1.82, 2.24) is 0 Å². The predicted molar refractivity (Wildman–Crippen MR) is 83.3 cm³/mol. The van der Waals surface area contributed by atoms with Gasteiger partial charge in [-0.25, -0.2) is 4.39 Å². The Morgan fingerprint density at radius 1 is 1.10 bits per heavy atom. The molecule has 6 heteroatoms. The highest BCUT2D eigenvalue weighted by Crippen LogP contribution is 2.37. The van der Waals surface area contributed by atoms with Crippen LogP contribution in [0, 0.1) is 5.82 Å². The summed E-state index contributed by atoms with van der Waals surface area (Å²) in [6.45, 7) is 0.148. The lowest BCUT2D eigenvalue weighted by atomic mass is 10.2. The second-order valence-electron chi connectivity index (χ2n) is 4.27. The molecule has 2 aromatic carbocycles. The van der Waals surface area contributed by atoms with E-state index in [-0.39, 0.29) is 6.61 Å². The first kappa shape index (κ1) is 16.2.